The van der Waals surface area contributed by atoms with Crippen LogP contribution in [0.25, 0.3) is 23.1 Å². The predicted octanol–water partition coefficient (Wildman–Crippen LogP) is 7.01. The SMILES string of the molecule is Cc1cc(C(=O)CSc2nc(C=Cc3ccccc3)nc3ccccc23)c(C)c(C)c1C. The Kier molecular flexibility index (Phi) is 6.52. The molecule has 0 N–H and O–H groups in total. The zero-order valence-electron chi connectivity index (χ0n) is 18.8. The van der Waals surface area contributed by atoms with Crippen molar-refractivity contribution in [3.63, 3.8) is 0 Å². The highest BCUT2D eigenvalue weighted by Gasteiger charge is 2.16. The predicted molar refractivity (Wildman–Crippen MR) is 135 cm³/mol. The number of fused-ring (bicyclic) bond motifs is 1. The first-order chi connectivity index (χ1) is 15.4. The van der Waals surface area contributed by atoms with Crippen LogP contribution in [0.1, 0.15) is 44.0 Å². The number of rotatable bonds is 6. The van der Waals surface area contributed by atoms with E-state index in [1.807, 2.05) is 79.7 Å². The van der Waals surface area contributed by atoms with Gasteiger partial charge in [0, 0.05) is 10.9 Å². The van der Waals surface area contributed by atoms with E-state index in [-0.39, 0.29) is 5.78 Å². The van der Waals surface area contributed by atoms with Crippen molar-refractivity contribution in [1.82, 2.24) is 9.97 Å². The molecule has 4 rings (SSSR count). The molecule has 3 aromatic carbocycles. The zero-order valence-corrected chi connectivity index (χ0v) is 19.7. The lowest BCUT2D eigenvalue weighted by Crippen LogP contribution is -2.08. The Balaban J connectivity index is 1.63. The molecule has 0 spiro atoms. The van der Waals surface area contributed by atoms with Crippen LogP contribution in [0.15, 0.2) is 65.7 Å². The molecule has 160 valence electrons. The number of thioether (sulfide) groups is 1. The van der Waals surface area contributed by atoms with Crippen LogP contribution in [0.5, 0.6) is 0 Å². The quantitative estimate of drug-likeness (QED) is 0.184. The molecule has 0 bridgehead atoms. The van der Waals surface area contributed by atoms with Crippen LogP contribution in [0, 0.1) is 27.7 Å². The molecule has 0 amide bonds. The first-order valence-electron chi connectivity index (χ1n) is 10.7. The summed E-state index contributed by atoms with van der Waals surface area (Å²) in [6.45, 7) is 8.30. The third-order valence-corrected chi connectivity index (χ3v) is 6.92. The second kappa shape index (κ2) is 9.49. The van der Waals surface area contributed by atoms with Crippen LogP contribution in [-0.4, -0.2) is 21.5 Å². The lowest BCUT2D eigenvalue weighted by atomic mass is 9.93. The van der Waals surface area contributed by atoms with E-state index < -0.39 is 0 Å². The average molecular weight is 439 g/mol. The molecule has 0 aliphatic rings. The molecular formula is C28H26N2OS. The van der Waals surface area contributed by atoms with Gasteiger partial charge in [-0.15, -0.1) is 0 Å². The monoisotopic (exact) mass is 438 g/mol. The molecule has 0 atom stereocenters. The minimum Gasteiger partial charge on any atom is -0.293 e. The van der Waals surface area contributed by atoms with Gasteiger partial charge in [-0.3, -0.25) is 4.79 Å². The van der Waals surface area contributed by atoms with Crippen LogP contribution in [-0.2, 0) is 0 Å². The van der Waals surface area contributed by atoms with Crippen molar-refractivity contribution in [3.8, 4) is 0 Å². The van der Waals surface area contributed by atoms with Gasteiger partial charge in [0.1, 0.15) is 5.03 Å². The van der Waals surface area contributed by atoms with E-state index >= 15 is 0 Å². The van der Waals surface area contributed by atoms with Crippen LogP contribution in [0.2, 0.25) is 0 Å². The Hall–Kier alpha value is -3.24. The smallest absolute Gasteiger partial charge is 0.173 e. The van der Waals surface area contributed by atoms with Crippen molar-refractivity contribution in [2.75, 3.05) is 5.75 Å². The number of hydrogen-bond donors (Lipinski definition) is 0. The average Bonchev–Trinajstić information content (AvgIpc) is 2.82. The Morgan fingerprint density at radius 3 is 2.34 bits per heavy atom. The van der Waals surface area contributed by atoms with Crippen molar-refractivity contribution in [2.45, 2.75) is 32.7 Å². The van der Waals surface area contributed by atoms with Crippen LogP contribution in [0.4, 0.5) is 0 Å². The number of aromatic nitrogens is 2. The number of Topliss-reactive ketones (excluding diaryl/α,β-unsaturated/α-hetero) is 1. The number of benzene rings is 3. The largest absolute Gasteiger partial charge is 0.293 e. The normalized spacial score (nSPS) is 11.4. The molecule has 3 nitrogen and oxygen atoms in total. The van der Waals surface area contributed by atoms with Crippen LogP contribution in [0.3, 0.4) is 0 Å². The molecule has 1 heterocycles. The van der Waals surface area contributed by atoms with E-state index in [2.05, 4.69) is 25.8 Å². The highest BCUT2D eigenvalue weighted by molar-refractivity contribution is 8.00. The maximum atomic E-state index is 13.1. The second-order valence-electron chi connectivity index (χ2n) is 7.98. The number of para-hydroxylation sites is 1. The first kappa shape index (κ1) is 22.0. The Labute approximate surface area is 193 Å². The fourth-order valence-electron chi connectivity index (χ4n) is 3.70. The summed E-state index contributed by atoms with van der Waals surface area (Å²) in [6, 6.07) is 20.1. The molecule has 0 saturated carbocycles. The number of aryl methyl sites for hydroxylation is 1. The minimum atomic E-state index is 0.128. The molecule has 4 heteroatoms. The Morgan fingerprint density at radius 2 is 1.56 bits per heavy atom. The summed E-state index contributed by atoms with van der Waals surface area (Å²) < 4.78 is 0. The van der Waals surface area contributed by atoms with Gasteiger partial charge in [-0.25, -0.2) is 9.97 Å². The summed E-state index contributed by atoms with van der Waals surface area (Å²) in [5, 5.41) is 1.80. The van der Waals surface area contributed by atoms with Gasteiger partial charge in [-0.2, -0.15) is 0 Å². The highest BCUT2D eigenvalue weighted by atomic mass is 32.2. The number of hydrogen-bond acceptors (Lipinski definition) is 4. The highest BCUT2D eigenvalue weighted by Crippen LogP contribution is 2.28. The number of carbonyl (C=O) groups is 1. The van der Waals surface area contributed by atoms with E-state index in [1.165, 1.54) is 22.9 Å². The summed E-state index contributed by atoms with van der Waals surface area (Å²) >= 11 is 1.48. The van der Waals surface area contributed by atoms with Crippen molar-refractivity contribution in [1.29, 1.82) is 0 Å². The maximum absolute atomic E-state index is 13.1. The van der Waals surface area contributed by atoms with Crippen LogP contribution >= 0.6 is 11.8 Å². The molecule has 0 aliphatic carbocycles. The topological polar surface area (TPSA) is 42.9 Å². The standard InChI is InChI=1S/C28H26N2OS/c1-18-16-24(21(4)20(3)19(18)2)26(31)17-32-28-23-12-8-9-13-25(23)29-27(30-28)15-14-22-10-6-5-7-11-22/h5-16H,17H2,1-4H3. The zero-order chi connectivity index (χ0) is 22.7. The first-order valence-corrected chi connectivity index (χ1v) is 11.7. The van der Waals surface area contributed by atoms with E-state index in [9.17, 15) is 4.79 Å². The third-order valence-electron chi connectivity index (χ3n) is 5.93. The van der Waals surface area contributed by atoms with Gasteiger partial charge in [-0.05, 0) is 73.7 Å². The summed E-state index contributed by atoms with van der Waals surface area (Å²) in [5.41, 5.74) is 7.45. The Bertz CT molecular complexity index is 1330. The molecule has 0 fully saturated rings. The molecule has 0 unspecified atom stereocenters. The molecule has 1 aromatic heterocycles. The van der Waals surface area contributed by atoms with Crippen molar-refractivity contribution in [2.24, 2.45) is 0 Å². The molecule has 32 heavy (non-hydrogen) atoms. The summed E-state index contributed by atoms with van der Waals surface area (Å²) in [7, 11) is 0. The van der Waals surface area contributed by atoms with E-state index in [0.717, 1.165) is 38.2 Å². The number of ketones is 1. The lowest BCUT2D eigenvalue weighted by Gasteiger charge is -2.13. The van der Waals surface area contributed by atoms with Gasteiger partial charge >= 0.3 is 0 Å². The van der Waals surface area contributed by atoms with E-state index in [1.54, 1.807) is 0 Å². The molecular weight excluding hydrogens is 412 g/mol. The molecule has 4 aromatic rings. The molecule has 0 aliphatic heterocycles. The van der Waals surface area contributed by atoms with Gasteiger partial charge in [-0.1, -0.05) is 66.4 Å². The van der Waals surface area contributed by atoms with Gasteiger partial charge in [0.15, 0.2) is 11.6 Å². The number of carbonyl (C=O) groups excluding carboxylic acids is 1. The van der Waals surface area contributed by atoms with Crippen molar-refractivity contribution in [3.05, 3.63) is 99.9 Å². The fraction of sp³-hybridized carbons (Fsp3) is 0.179. The van der Waals surface area contributed by atoms with E-state index in [4.69, 9.17) is 4.98 Å². The maximum Gasteiger partial charge on any atom is 0.173 e. The minimum absolute atomic E-state index is 0.128. The second-order valence-corrected chi connectivity index (χ2v) is 8.94. The van der Waals surface area contributed by atoms with E-state index in [0.29, 0.717) is 11.6 Å². The van der Waals surface area contributed by atoms with Gasteiger partial charge in [0.05, 0.1) is 11.3 Å². The fourth-order valence-corrected chi connectivity index (χ4v) is 4.61. The Morgan fingerprint density at radius 1 is 0.844 bits per heavy atom. The van der Waals surface area contributed by atoms with Gasteiger partial charge in [0.2, 0.25) is 0 Å². The summed E-state index contributed by atoms with van der Waals surface area (Å²) in [5.74, 6) is 1.11. The summed E-state index contributed by atoms with van der Waals surface area (Å²) in [6.07, 6.45) is 3.93. The summed E-state index contributed by atoms with van der Waals surface area (Å²) in [4.78, 5) is 22.6. The number of nitrogens with zero attached hydrogens (tertiary/aromatic N) is 2. The molecule has 0 saturated heterocycles. The third kappa shape index (κ3) is 4.66. The molecule has 0 radical (unpaired) electrons. The lowest BCUT2D eigenvalue weighted by molar-refractivity contribution is 0.102. The van der Waals surface area contributed by atoms with Crippen LogP contribution < -0.4 is 0 Å². The van der Waals surface area contributed by atoms with Gasteiger partial charge < -0.3 is 0 Å². The van der Waals surface area contributed by atoms with Gasteiger partial charge in [0.25, 0.3) is 0 Å². The van der Waals surface area contributed by atoms with Crippen molar-refractivity contribution >= 4 is 40.6 Å². The van der Waals surface area contributed by atoms with Crippen molar-refractivity contribution < 1.29 is 4.79 Å².